The Balaban J connectivity index is 1.54. The molecule has 4 rings (SSSR count). The van der Waals surface area contributed by atoms with E-state index in [1.54, 1.807) is 0 Å². The molecule has 2 fully saturated rings. The fourth-order valence-electron chi connectivity index (χ4n) is 4.59. The summed E-state index contributed by atoms with van der Waals surface area (Å²) in [5.41, 5.74) is 2.92. The highest BCUT2D eigenvalue weighted by atomic mass is 15.2. The smallest absolute Gasteiger partial charge is 0.0237 e. The van der Waals surface area contributed by atoms with Crippen molar-refractivity contribution in [3.8, 4) is 0 Å². The van der Waals surface area contributed by atoms with Crippen LogP contribution in [0.3, 0.4) is 0 Å². The third-order valence-corrected chi connectivity index (χ3v) is 5.62. The average molecular weight is 306 g/mol. The third-order valence-electron chi connectivity index (χ3n) is 5.62. The maximum atomic E-state index is 2.74. The van der Waals surface area contributed by atoms with E-state index in [1.807, 2.05) is 0 Å². The topological polar surface area (TPSA) is 6.48 Å². The van der Waals surface area contributed by atoms with Gasteiger partial charge in [-0.25, -0.2) is 0 Å². The summed E-state index contributed by atoms with van der Waals surface area (Å²) in [4.78, 5) is 5.26. The first-order valence-corrected chi connectivity index (χ1v) is 8.80. The highest BCUT2D eigenvalue weighted by Crippen LogP contribution is 2.37. The molecular weight excluding hydrogens is 280 g/mol. The van der Waals surface area contributed by atoms with Gasteiger partial charge in [-0.15, -0.1) is 0 Å². The van der Waals surface area contributed by atoms with Gasteiger partial charge in [-0.3, -0.25) is 4.90 Å². The molecule has 2 saturated heterocycles. The van der Waals surface area contributed by atoms with Gasteiger partial charge >= 0.3 is 0 Å². The Hall–Kier alpha value is -1.64. The molecule has 3 atom stereocenters. The Morgan fingerprint density at radius 3 is 2.17 bits per heavy atom. The highest BCUT2D eigenvalue weighted by Gasteiger charge is 2.45. The van der Waals surface area contributed by atoms with Crippen molar-refractivity contribution in [1.29, 1.82) is 0 Å². The molecule has 2 aromatic carbocycles. The first kappa shape index (κ1) is 14.9. The number of benzene rings is 2. The van der Waals surface area contributed by atoms with Crippen molar-refractivity contribution < 1.29 is 0 Å². The van der Waals surface area contributed by atoms with Crippen molar-refractivity contribution in [1.82, 2.24) is 9.80 Å². The molecule has 2 heteroatoms. The Morgan fingerprint density at radius 2 is 1.48 bits per heavy atom. The minimum absolute atomic E-state index is 0.674. The molecule has 0 unspecified atom stereocenters. The number of nitrogens with zero attached hydrogens (tertiary/aromatic N) is 2. The molecule has 0 aromatic heterocycles. The average Bonchev–Trinajstić information content (AvgIpc) is 3.07. The number of rotatable bonds is 4. The van der Waals surface area contributed by atoms with Crippen LogP contribution < -0.4 is 0 Å². The fourth-order valence-corrected chi connectivity index (χ4v) is 4.59. The molecule has 0 amide bonds. The lowest BCUT2D eigenvalue weighted by Crippen LogP contribution is -2.37. The summed E-state index contributed by atoms with van der Waals surface area (Å²) in [6.07, 6.45) is 1.18. The molecule has 0 saturated carbocycles. The second-order valence-corrected chi connectivity index (χ2v) is 7.32. The van der Waals surface area contributed by atoms with E-state index in [0.717, 1.165) is 18.4 Å². The number of fused-ring (bicyclic) bond motifs is 1. The van der Waals surface area contributed by atoms with Crippen molar-refractivity contribution in [3.63, 3.8) is 0 Å². The number of hydrogen-bond acceptors (Lipinski definition) is 2. The molecule has 120 valence electrons. The van der Waals surface area contributed by atoms with Crippen molar-refractivity contribution >= 4 is 0 Å². The Morgan fingerprint density at radius 1 is 0.826 bits per heavy atom. The Labute approximate surface area is 139 Å². The van der Waals surface area contributed by atoms with Gasteiger partial charge in [0.1, 0.15) is 0 Å². The van der Waals surface area contributed by atoms with Crippen LogP contribution in [0.4, 0.5) is 0 Å². The van der Waals surface area contributed by atoms with Crippen LogP contribution in [0.5, 0.6) is 0 Å². The monoisotopic (exact) mass is 306 g/mol. The SMILES string of the molecule is CN1C[C@@H]2CN(Cc3ccccc3)[C@H](Cc3ccccc3)[C@H]2C1. The largest absolute Gasteiger partial charge is 0.306 e. The van der Waals surface area contributed by atoms with Gasteiger partial charge in [-0.2, -0.15) is 0 Å². The molecular formula is C21H26N2. The molecule has 2 nitrogen and oxygen atoms in total. The van der Waals surface area contributed by atoms with Crippen LogP contribution in [0.1, 0.15) is 11.1 Å². The van der Waals surface area contributed by atoms with Crippen molar-refractivity contribution in [3.05, 3.63) is 71.8 Å². The maximum Gasteiger partial charge on any atom is 0.0237 e. The van der Waals surface area contributed by atoms with Gasteiger partial charge < -0.3 is 4.90 Å². The van der Waals surface area contributed by atoms with E-state index >= 15 is 0 Å². The van der Waals surface area contributed by atoms with Crippen molar-refractivity contribution in [2.45, 2.75) is 19.0 Å². The molecule has 0 N–H and O–H groups in total. The first-order valence-electron chi connectivity index (χ1n) is 8.80. The zero-order valence-electron chi connectivity index (χ0n) is 13.9. The van der Waals surface area contributed by atoms with Gasteiger partial charge in [0.05, 0.1) is 0 Å². The van der Waals surface area contributed by atoms with Gasteiger partial charge in [0.15, 0.2) is 0 Å². The summed E-state index contributed by atoms with van der Waals surface area (Å²) in [5.74, 6) is 1.67. The van der Waals surface area contributed by atoms with Gasteiger partial charge in [-0.1, -0.05) is 60.7 Å². The lowest BCUT2D eigenvalue weighted by atomic mass is 9.90. The van der Waals surface area contributed by atoms with E-state index in [2.05, 4.69) is 77.5 Å². The second kappa shape index (κ2) is 6.46. The molecule has 0 bridgehead atoms. The predicted octanol–water partition coefficient (Wildman–Crippen LogP) is 3.29. The first-order chi connectivity index (χ1) is 11.3. The van der Waals surface area contributed by atoms with Crippen LogP contribution >= 0.6 is 0 Å². The van der Waals surface area contributed by atoms with E-state index < -0.39 is 0 Å². The molecule has 2 aliphatic rings. The molecule has 0 radical (unpaired) electrons. The normalized spacial score (nSPS) is 28.1. The van der Waals surface area contributed by atoms with Gasteiger partial charge in [0.25, 0.3) is 0 Å². The molecule has 0 aliphatic carbocycles. The molecule has 2 aliphatic heterocycles. The Bertz CT molecular complexity index is 625. The van der Waals surface area contributed by atoms with Crippen LogP contribution in [-0.2, 0) is 13.0 Å². The van der Waals surface area contributed by atoms with Crippen LogP contribution in [0.15, 0.2) is 60.7 Å². The van der Waals surface area contributed by atoms with Crippen molar-refractivity contribution in [2.75, 3.05) is 26.7 Å². The fraction of sp³-hybridized carbons (Fsp3) is 0.429. The molecule has 2 heterocycles. The molecule has 0 spiro atoms. The second-order valence-electron chi connectivity index (χ2n) is 7.32. The van der Waals surface area contributed by atoms with E-state index in [9.17, 15) is 0 Å². The van der Waals surface area contributed by atoms with Crippen LogP contribution in [0, 0.1) is 11.8 Å². The summed E-state index contributed by atoms with van der Waals surface area (Å²) < 4.78 is 0. The van der Waals surface area contributed by atoms with E-state index in [-0.39, 0.29) is 0 Å². The van der Waals surface area contributed by atoms with Crippen LogP contribution in [-0.4, -0.2) is 42.5 Å². The summed E-state index contributed by atoms with van der Waals surface area (Å²) in [5, 5.41) is 0. The third kappa shape index (κ3) is 3.19. The summed E-state index contributed by atoms with van der Waals surface area (Å²) >= 11 is 0. The van der Waals surface area contributed by atoms with Gasteiger partial charge in [-0.05, 0) is 36.4 Å². The zero-order valence-corrected chi connectivity index (χ0v) is 13.9. The van der Waals surface area contributed by atoms with Crippen LogP contribution in [0.25, 0.3) is 0 Å². The quantitative estimate of drug-likeness (QED) is 0.855. The minimum atomic E-state index is 0.674. The van der Waals surface area contributed by atoms with Gasteiger partial charge in [0, 0.05) is 32.2 Å². The van der Waals surface area contributed by atoms with Crippen molar-refractivity contribution in [2.24, 2.45) is 11.8 Å². The summed E-state index contributed by atoms with van der Waals surface area (Å²) in [6, 6.07) is 22.7. The lowest BCUT2D eigenvalue weighted by Gasteiger charge is -2.29. The summed E-state index contributed by atoms with van der Waals surface area (Å²) in [7, 11) is 2.28. The maximum absolute atomic E-state index is 2.74. The van der Waals surface area contributed by atoms with Crippen LogP contribution in [0.2, 0.25) is 0 Å². The standard InChI is InChI=1S/C21H26N2/c1-22-14-19-15-23(13-18-10-6-3-7-11-18)21(20(19)16-22)12-17-8-4-2-5-9-17/h2-11,19-21H,12-16H2,1H3/t19-,20+,21-/m1/s1. The number of likely N-dealkylation sites (tertiary alicyclic amines) is 2. The lowest BCUT2D eigenvalue weighted by molar-refractivity contribution is 0.196. The number of hydrogen-bond donors (Lipinski definition) is 0. The van der Waals surface area contributed by atoms with E-state index in [0.29, 0.717) is 6.04 Å². The van der Waals surface area contributed by atoms with Gasteiger partial charge in [0.2, 0.25) is 0 Å². The molecule has 2 aromatic rings. The van der Waals surface area contributed by atoms with E-state index in [1.165, 1.54) is 37.2 Å². The minimum Gasteiger partial charge on any atom is -0.306 e. The molecule has 23 heavy (non-hydrogen) atoms. The Kier molecular flexibility index (Phi) is 4.19. The van der Waals surface area contributed by atoms with E-state index in [4.69, 9.17) is 0 Å². The zero-order chi connectivity index (χ0) is 15.6. The summed E-state index contributed by atoms with van der Waals surface area (Å²) in [6.45, 7) is 4.87. The highest BCUT2D eigenvalue weighted by molar-refractivity contribution is 5.19. The predicted molar refractivity (Wildman–Crippen MR) is 95.3 cm³/mol.